The zero-order valence-corrected chi connectivity index (χ0v) is 57.9. The molecule has 0 amide bonds. The van der Waals surface area contributed by atoms with Gasteiger partial charge in [0, 0.05) is 122 Å². The van der Waals surface area contributed by atoms with Crippen LogP contribution in [0.3, 0.4) is 0 Å². The number of hydrogen-bond donors (Lipinski definition) is 4. The third-order valence-electron chi connectivity index (χ3n) is 16.6. The number of aromatic nitrogens is 6. The Hall–Kier alpha value is -9.30. The number of furan rings is 2. The highest BCUT2D eigenvalue weighted by molar-refractivity contribution is 7.22. The van der Waals surface area contributed by atoms with Gasteiger partial charge in [0.15, 0.2) is 0 Å². The number of aliphatic hydroxyl groups is 4. The number of fused-ring (bicyclic) bond motifs is 3. The number of alkyl halides is 3. The number of aryl methyl sites for hydroxylation is 5. The van der Waals surface area contributed by atoms with E-state index in [1.165, 1.54) is 47.8 Å². The van der Waals surface area contributed by atoms with Crippen LogP contribution in [0.15, 0.2) is 183 Å². The van der Waals surface area contributed by atoms with Crippen LogP contribution in [-0.4, -0.2) is 80.6 Å². The van der Waals surface area contributed by atoms with Crippen molar-refractivity contribution >= 4 is 78.6 Å². The average molecular weight is 1450 g/mol. The first-order chi connectivity index (χ1) is 47.9. The minimum absolute atomic E-state index is 0.0575. The van der Waals surface area contributed by atoms with Gasteiger partial charge in [0.05, 0.1) is 5.39 Å². The molecule has 522 valence electrons. The minimum Gasteiger partial charge on any atom is -0.439 e. The summed E-state index contributed by atoms with van der Waals surface area (Å²) in [4.78, 5) is 80.3. The first-order valence-electron chi connectivity index (χ1n) is 31.9. The van der Waals surface area contributed by atoms with E-state index >= 15 is 0 Å². The van der Waals surface area contributed by atoms with Gasteiger partial charge >= 0.3 is 23.4 Å². The zero-order valence-electron chi connectivity index (χ0n) is 54.8. The number of hydrogen-bond acceptors (Lipinski definition) is 14. The average Bonchev–Trinajstić information content (AvgIpc) is 1.60. The fourth-order valence-corrected chi connectivity index (χ4v) is 13.5. The van der Waals surface area contributed by atoms with Crippen molar-refractivity contribution in [3.05, 3.63) is 268 Å². The van der Waals surface area contributed by atoms with Crippen molar-refractivity contribution in [3.63, 3.8) is 0 Å². The highest BCUT2D eigenvalue weighted by Crippen LogP contribution is 2.41. The van der Waals surface area contributed by atoms with Crippen molar-refractivity contribution in [1.82, 2.24) is 27.4 Å². The quantitative estimate of drug-likeness (QED) is 0.0493. The fraction of sp³-hybridized carbons (Fsp3) is 0.270. The van der Waals surface area contributed by atoms with Crippen LogP contribution in [0.2, 0.25) is 15.1 Å². The minimum atomic E-state index is -4.84. The van der Waals surface area contributed by atoms with Gasteiger partial charge in [0.1, 0.15) is 32.9 Å². The summed E-state index contributed by atoms with van der Waals surface area (Å²) in [5.41, 5.74) is 6.37. The molecule has 6 aromatic carbocycles. The summed E-state index contributed by atoms with van der Waals surface area (Å²) < 4.78 is 62.4. The van der Waals surface area contributed by atoms with Crippen molar-refractivity contribution in [1.29, 1.82) is 0 Å². The number of halogens is 6. The topological polar surface area (TPSA) is 248 Å². The normalized spacial score (nSPS) is 11.5. The third-order valence-corrected chi connectivity index (χ3v) is 18.7. The number of nitrogens with zero attached hydrogens (tertiary/aromatic N) is 6. The van der Waals surface area contributed by atoms with Crippen molar-refractivity contribution in [3.8, 4) is 38.8 Å². The largest absolute Gasteiger partial charge is 0.573 e. The fourth-order valence-electron chi connectivity index (χ4n) is 11.8. The summed E-state index contributed by atoms with van der Waals surface area (Å²) in [5.74, 6) is 0.644. The molecule has 0 aliphatic heterocycles. The molecule has 0 saturated heterocycles. The third kappa shape index (κ3) is 16.4. The number of rotatable bonds is 22. The summed E-state index contributed by atoms with van der Waals surface area (Å²) in [6, 6.07) is 43.0. The van der Waals surface area contributed by atoms with Crippen molar-refractivity contribution in [2.45, 2.75) is 91.3 Å². The lowest BCUT2D eigenvalue weighted by Gasteiger charge is -2.11. The summed E-state index contributed by atoms with van der Waals surface area (Å²) in [7, 11) is 3.15. The van der Waals surface area contributed by atoms with Gasteiger partial charge in [-0.3, -0.25) is 41.8 Å². The summed E-state index contributed by atoms with van der Waals surface area (Å²) in [6.45, 7) is 3.83. The second-order valence-electron chi connectivity index (χ2n) is 23.8. The lowest BCUT2D eigenvalue weighted by Crippen LogP contribution is -2.40. The lowest BCUT2D eigenvalue weighted by atomic mass is 9.99. The Morgan fingerprint density at radius 3 is 1.39 bits per heavy atom. The molecule has 100 heavy (non-hydrogen) atoms. The Bertz CT molecular complexity index is 5320. The highest BCUT2D eigenvalue weighted by Gasteiger charge is 2.32. The van der Waals surface area contributed by atoms with Gasteiger partial charge in [-0.15, -0.1) is 24.5 Å². The molecule has 26 heteroatoms. The van der Waals surface area contributed by atoms with Gasteiger partial charge < -0.3 is 34.0 Å². The molecule has 0 radical (unpaired) electrons. The number of ether oxygens (including phenoxy) is 1. The Morgan fingerprint density at radius 1 is 0.450 bits per heavy atom. The molecular weight excluding hydrogens is 1380 g/mol. The van der Waals surface area contributed by atoms with Crippen LogP contribution in [0.4, 0.5) is 13.2 Å². The predicted octanol–water partition coefficient (Wildman–Crippen LogP) is 12.6. The smallest absolute Gasteiger partial charge is 0.439 e. The Kier molecular flexibility index (Phi) is 23.8. The summed E-state index contributed by atoms with van der Waals surface area (Å²) >= 11 is 19.5. The van der Waals surface area contributed by atoms with E-state index in [0.29, 0.717) is 107 Å². The maximum Gasteiger partial charge on any atom is 0.573 e. The van der Waals surface area contributed by atoms with Crippen LogP contribution in [0, 0.1) is 13.8 Å². The molecule has 0 atom stereocenters. The second-order valence-corrected chi connectivity index (χ2v) is 26.1. The Morgan fingerprint density at radius 2 is 0.880 bits per heavy atom. The Labute approximate surface area is 588 Å². The van der Waals surface area contributed by atoms with E-state index < -0.39 is 40.1 Å². The van der Waals surface area contributed by atoms with Crippen LogP contribution >= 0.6 is 46.1 Å². The van der Waals surface area contributed by atoms with Crippen LogP contribution in [0.5, 0.6) is 5.75 Å². The van der Waals surface area contributed by atoms with Crippen molar-refractivity contribution in [2.24, 2.45) is 14.1 Å². The molecule has 0 aliphatic carbocycles. The zero-order chi connectivity index (χ0) is 71.7. The molecule has 4 N–H and O–H groups in total. The molecule has 0 fully saturated rings. The van der Waals surface area contributed by atoms with E-state index in [-0.39, 0.29) is 82.6 Å². The van der Waals surface area contributed by atoms with E-state index in [1.54, 1.807) is 62.6 Å². The van der Waals surface area contributed by atoms with Gasteiger partial charge in [-0.1, -0.05) is 137 Å². The Balaban J connectivity index is 0.000000162. The second kappa shape index (κ2) is 32.4. The first kappa shape index (κ1) is 73.4. The molecular formula is C74H70Cl3F3N6O13S. The van der Waals surface area contributed by atoms with E-state index in [9.17, 15) is 62.4 Å². The highest BCUT2D eigenvalue weighted by atomic mass is 35.5. The molecule has 12 aromatic rings. The van der Waals surface area contributed by atoms with E-state index in [1.807, 2.05) is 92.7 Å². The summed E-state index contributed by atoms with van der Waals surface area (Å²) in [5, 5.41) is 39.8. The number of thiophene rings is 1. The molecule has 0 spiro atoms. The van der Waals surface area contributed by atoms with Gasteiger partial charge in [-0.2, -0.15) is 0 Å². The van der Waals surface area contributed by atoms with E-state index in [4.69, 9.17) is 43.6 Å². The molecule has 6 aromatic heterocycles. The first-order valence-corrected chi connectivity index (χ1v) is 33.8. The van der Waals surface area contributed by atoms with E-state index in [0.717, 1.165) is 48.1 Å². The summed E-state index contributed by atoms with van der Waals surface area (Å²) in [6.07, 6.45) is -2.57. The standard InChI is InChI=1S/C25H24Cl2N2O5.C25H23F3N2O4S.C24H23ClN2O4/c26-18-8-6-16(7-9-18)14-20-21-23(32)28(10-2-12-30)25(33)29(11-3-13-31)24(21)34-22(20)17-4-1-5-19(27)15-17;1-15-7-9-16(10-8-15)13-19-20-22(32)30(11-4-12-31)24(33)29(2)23(20)35-21(19)17-5-3-6-18(14-17)34-25(26,27)28;1-15-5-3-6-17(13-15)21-19(14-16-7-9-18(25)10-8-16)20-22(29)27(11-4-12-28)24(30)26(2)23(20)31-21/h1,4-9,15,30-31H,2-3,10-14H2;3,5-10,14,31H,4,11-13H2,1-2H3;3,5-10,13,28H,4,11-12,14H2,1-2H3. The maximum atomic E-state index is 13.6. The SMILES string of the molecule is Cc1ccc(Cc2c(-c3cccc(OC(F)(F)F)c3)sc3c2c(=O)n(CCCO)c(=O)n3C)cc1.Cc1cccc(-c2oc3c(c2Cc2ccc(Cl)cc2)c(=O)n(CCCO)c(=O)n3C)c1.O=c1c2c(Cc3ccc(Cl)cc3)c(-c3cccc(Cl)c3)oc2n(CCCO)c(=O)n1CCCO. The van der Waals surface area contributed by atoms with Gasteiger partial charge in [-0.25, -0.2) is 14.4 Å². The van der Waals surface area contributed by atoms with Gasteiger partial charge in [0.25, 0.3) is 16.7 Å². The van der Waals surface area contributed by atoms with Gasteiger partial charge in [0.2, 0.25) is 11.4 Å². The molecule has 19 nitrogen and oxygen atoms in total. The lowest BCUT2D eigenvalue weighted by molar-refractivity contribution is -0.274. The van der Waals surface area contributed by atoms with Crippen LogP contribution in [-0.2, 0) is 59.5 Å². The van der Waals surface area contributed by atoms with Crippen LogP contribution in [0.1, 0.15) is 70.2 Å². The van der Waals surface area contributed by atoms with Crippen molar-refractivity contribution in [2.75, 3.05) is 26.4 Å². The molecule has 0 unspecified atom stereocenters. The predicted molar refractivity (Wildman–Crippen MR) is 384 cm³/mol. The molecule has 12 rings (SSSR count). The number of aliphatic hydroxyl groups excluding tert-OH is 4. The molecule has 0 bridgehead atoms. The molecule has 0 saturated carbocycles. The van der Waals surface area contributed by atoms with E-state index in [2.05, 4.69) is 4.74 Å². The monoisotopic (exact) mass is 1440 g/mol. The van der Waals surface area contributed by atoms with Crippen LogP contribution in [0.25, 0.3) is 65.5 Å². The van der Waals surface area contributed by atoms with Gasteiger partial charge in [-0.05, 0) is 128 Å². The van der Waals surface area contributed by atoms with Crippen molar-refractivity contribution < 1.29 is 47.2 Å². The number of benzene rings is 6. The maximum absolute atomic E-state index is 13.6. The van der Waals surface area contributed by atoms with Crippen LogP contribution < -0.4 is 38.5 Å². The molecule has 6 heterocycles. The molecule has 0 aliphatic rings.